The molecule has 0 amide bonds. The van der Waals surface area contributed by atoms with E-state index in [1.54, 1.807) is 7.11 Å². The third-order valence-electron chi connectivity index (χ3n) is 3.52. The lowest BCUT2D eigenvalue weighted by atomic mass is 10.0. The molecule has 0 aromatic carbocycles. The van der Waals surface area contributed by atoms with Crippen LogP contribution in [0.1, 0.15) is 78.1 Å². The summed E-state index contributed by atoms with van der Waals surface area (Å²) < 4.78 is 5.23. The zero-order chi connectivity index (χ0) is 13.5. The Morgan fingerprint density at radius 1 is 0.833 bits per heavy atom. The number of methoxy groups -OCH3 is 1. The molecule has 0 saturated heterocycles. The molecule has 0 aromatic heterocycles. The normalized spacial score (nSPS) is 12.8. The molecule has 0 aliphatic rings. The van der Waals surface area contributed by atoms with Crippen molar-refractivity contribution < 1.29 is 4.74 Å². The summed E-state index contributed by atoms with van der Waals surface area (Å²) in [6.45, 7) is 6.34. The van der Waals surface area contributed by atoms with E-state index in [2.05, 4.69) is 19.2 Å². The van der Waals surface area contributed by atoms with Gasteiger partial charge in [0.05, 0.1) is 6.61 Å². The monoisotopic (exact) mass is 257 g/mol. The van der Waals surface area contributed by atoms with E-state index >= 15 is 0 Å². The highest BCUT2D eigenvalue weighted by Gasteiger charge is 2.05. The molecule has 1 N–H and O–H groups in total. The summed E-state index contributed by atoms with van der Waals surface area (Å²) in [5.74, 6) is 0. The second kappa shape index (κ2) is 15.0. The van der Waals surface area contributed by atoms with E-state index in [0.29, 0.717) is 6.04 Å². The highest BCUT2D eigenvalue weighted by atomic mass is 16.5. The first-order chi connectivity index (χ1) is 8.85. The van der Waals surface area contributed by atoms with E-state index in [1.807, 2.05) is 0 Å². The van der Waals surface area contributed by atoms with E-state index in [0.717, 1.165) is 13.2 Å². The Balaban J connectivity index is 3.21. The Morgan fingerprint density at radius 3 is 1.89 bits per heavy atom. The van der Waals surface area contributed by atoms with Gasteiger partial charge in [0.2, 0.25) is 0 Å². The van der Waals surface area contributed by atoms with Crippen LogP contribution in [0.5, 0.6) is 0 Å². The molecule has 1 unspecified atom stereocenters. The fourth-order valence-corrected chi connectivity index (χ4v) is 2.44. The summed E-state index contributed by atoms with van der Waals surface area (Å²) in [7, 11) is 1.79. The predicted octanol–water partition coefficient (Wildman–Crippen LogP) is 4.53. The number of hydrogen-bond acceptors (Lipinski definition) is 2. The summed E-state index contributed by atoms with van der Waals surface area (Å²) in [6.07, 6.45) is 13.9. The second-order valence-electron chi connectivity index (χ2n) is 5.33. The average Bonchev–Trinajstić information content (AvgIpc) is 2.37. The molecule has 1 atom stereocenters. The molecule has 0 rings (SSSR count). The van der Waals surface area contributed by atoms with Crippen LogP contribution < -0.4 is 5.32 Å². The fraction of sp³-hybridized carbons (Fsp3) is 1.00. The summed E-state index contributed by atoms with van der Waals surface area (Å²) in [5.41, 5.74) is 0. The quantitative estimate of drug-likeness (QED) is 0.462. The van der Waals surface area contributed by atoms with E-state index in [9.17, 15) is 0 Å². The summed E-state index contributed by atoms with van der Waals surface area (Å²) in [4.78, 5) is 0. The third-order valence-corrected chi connectivity index (χ3v) is 3.52. The number of nitrogens with one attached hydrogen (secondary N) is 1. The highest BCUT2D eigenvalue weighted by Crippen LogP contribution is 2.11. The van der Waals surface area contributed by atoms with Gasteiger partial charge in [-0.1, -0.05) is 71.6 Å². The Hall–Kier alpha value is -0.0800. The first kappa shape index (κ1) is 17.9. The molecule has 0 radical (unpaired) electrons. The standard InChI is InChI=1S/C16H35NO/c1-4-6-7-8-9-10-11-12-13-14-16(15-18-3)17-5-2/h16-17H,4-15H2,1-3H3. The topological polar surface area (TPSA) is 21.3 Å². The lowest BCUT2D eigenvalue weighted by Gasteiger charge is -2.16. The molecule has 0 saturated carbocycles. The van der Waals surface area contributed by atoms with Crippen molar-refractivity contribution >= 4 is 0 Å². The van der Waals surface area contributed by atoms with Crippen molar-refractivity contribution in [3.05, 3.63) is 0 Å². The second-order valence-corrected chi connectivity index (χ2v) is 5.33. The molecule has 0 bridgehead atoms. The van der Waals surface area contributed by atoms with Gasteiger partial charge in [-0.05, 0) is 13.0 Å². The van der Waals surface area contributed by atoms with E-state index < -0.39 is 0 Å². The first-order valence-electron chi connectivity index (χ1n) is 8.07. The predicted molar refractivity (Wildman–Crippen MR) is 81.2 cm³/mol. The van der Waals surface area contributed by atoms with Crippen molar-refractivity contribution in [1.29, 1.82) is 0 Å². The Kier molecular flexibility index (Phi) is 14.9. The third kappa shape index (κ3) is 12.4. The number of hydrogen-bond donors (Lipinski definition) is 1. The van der Waals surface area contributed by atoms with Gasteiger partial charge in [0.15, 0.2) is 0 Å². The number of likely N-dealkylation sites (N-methyl/N-ethyl adjacent to an activating group) is 1. The molecular weight excluding hydrogens is 222 g/mol. The van der Waals surface area contributed by atoms with Crippen molar-refractivity contribution in [3.8, 4) is 0 Å². The van der Waals surface area contributed by atoms with Crippen molar-refractivity contribution in [2.45, 2.75) is 84.1 Å². The minimum absolute atomic E-state index is 0.560. The number of ether oxygens (including phenoxy) is 1. The Bertz CT molecular complexity index is 144. The van der Waals surface area contributed by atoms with Crippen molar-refractivity contribution in [1.82, 2.24) is 5.32 Å². The van der Waals surface area contributed by atoms with Crippen LogP contribution in [-0.4, -0.2) is 26.3 Å². The molecule has 110 valence electrons. The van der Waals surface area contributed by atoms with Crippen LogP contribution in [0.2, 0.25) is 0 Å². The lowest BCUT2D eigenvalue weighted by molar-refractivity contribution is 0.162. The minimum atomic E-state index is 0.560. The molecule has 2 nitrogen and oxygen atoms in total. The maximum absolute atomic E-state index is 5.23. The molecule has 0 aliphatic heterocycles. The summed E-state index contributed by atoms with van der Waals surface area (Å²) >= 11 is 0. The summed E-state index contributed by atoms with van der Waals surface area (Å²) in [6, 6.07) is 0.560. The molecule has 0 fully saturated rings. The van der Waals surface area contributed by atoms with Gasteiger partial charge >= 0.3 is 0 Å². The van der Waals surface area contributed by atoms with Crippen LogP contribution in [0.3, 0.4) is 0 Å². The molecule has 2 heteroatoms. The largest absolute Gasteiger partial charge is 0.383 e. The molecule has 0 aromatic rings. The van der Waals surface area contributed by atoms with Crippen LogP contribution in [0.15, 0.2) is 0 Å². The molecule has 0 spiro atoms. The smallest absolute Gasteiger partial charge is 0.0615 e. The van der Waals surface area contributed by atoms with Crippen LogP contribution in [-0.2, 0) is 4.74 Å². The van der Waals surface area contributed by atoms with Crippen molar-refractivity contribution in [3.63, 3.8) is 0 Å². The Morgan fingerprint density at radius 2 is 1.39 bits per heavy atom. The van der Waals surface area contributed by atoms with Crippen molar-refractivity contribution in [2.24, 2.45) is 0 Å². The van der Waals surface area contributed by atoms with Crippen LogP contribution in [0.4, 0.5) is 0 Å². The van der Waals surface area contributed by atoms with Crippen LogP contribution in [0.25, 0.3) is 0 Å². The maximum Gasteiger partial charge on any atom is 0.0615 e. The van der Waals surface area contributed by atoms with Gasteiger partial charge in [0.1, 0.15) is 0 Å². The minimum Gasteiger partial charge on any atom is -0.383 e. The maximum atomic E-state index is 5.23. The zero-order valence-corrected chi connectivity index (χ0v) is 13.0. The van der Waals surface area contributed by atoms with Gasteiger partial charge in [-0.25, -0.2) is 0 Å². The zero-order valence-electron chi connectivity index (χ0n) is 13.0. The number of rotatable bonds is 14. The first-order valence-corrected chi connectivity index (χ1v) is 8.07. The van der Waals surface area contributed by atoms with Gasteiger partial charge < -0.3 is 10.1 Å². The van der Waals surface area contributed by atoms with Gasteiger partial charge in [-0.15, -0.1) is 0 Å². The molecule has 18 heavy (non-hydrogen) atoms. The van der Waals surface area contributed by atoms with Gasteiger partial charge in [0, 0.05) is 13.2 Å². The SMILES string of the molecule is CCCCCCCCCCCC(COC)NCC. The van der Waals surface area contributed by atoms with Crippen LogP contribution >= 0.6 is 0 Å². The molecule has 0 heterocycles. The molecular formula is C16H35NO. The Labute approximate surface area is 115 Å². The van der Waals surface area contributed by atoms with Gasteiger partial charge in [-0.3, -0.25) is 0 Å². The number of unbranched alkanes of at least 4 members (excludes halogenated alkanes) is 8. The van der Waals surface area contributed by atoms with Crippen LogP contribution in [0, 0.1) is 0 Å². The highest BCUT2D eigenvalue weighted by molar-refractivity contribution is 4.64. The van der Waals surface area contributed by atoms with Gasteiger partial charge in [0.25, 0.3) is 0 Å². The average molecular weight is 257 g/mol. The molecule has 0 aliphatic carbocycles. The van der Waals surface area contributed by atoms with E-state index in [-0.39, 0.29) is 0 Å². The summed E-state index contributed by atoms with van der Waals surface area (Å²) in [5, 5.41) is 3.48. The fourth-order valence-electron chi connectivity index (χ4n) is 2.44. The van der Waals surface area contributed by atoms with Gasteiger partial charge in [-0.2, -0.15) is 0 Å². The van der Waals surface area contributed by atoms with E-state index in [4.69, 9.17) is 4.74 Å². The van der Waals surface area contributed by atoms with Crippen molar-refractivity contribution in [2.75, 3.05) is 20.3 Å². The van der Waals surface area contributed by atoms with E-state index in [1.165, 1.54) is 64.2 Å². The lowest BCUT2D eigenvalue weighted by Crippen LogP contribution is -2.32.